The van der Waals surface area contributed by atoms with Crippen molar-refractivity contribution in [2.24, 2.45) is 17.8 Å². The minimum absolute atomic E-state index is 0.0215. The van der Waals surface area contributed by atoms with Crippen LogP contribution >= 0.6 is 0 Å². The van der Waals surface area contributed by atoms with E-state index in [0.717, 1.165) is 11.8 Å². The molecule has 0 spiro atoms. The highest BCUT2D eigenvalue weighted by Gasteiger charge is 2.62. The number of ether oxygens (including phenoxy) is 3. The molecule has 3 heterocycles. The molecule has 14 nitrogen and oxygen atoms in total. The SMILES string of the molecule is COc1cnc(O[C@@H]2C[C@H]3C(=O)N[C@]4(C(=O)NS(=O)(=O)C5CC5)CC4/C=C\CC[C@@H](C)C[C@@H](C)C(NC(=O)OC(C)(C)C)C(=O)N3C2)c2ccccc12. The Bertz CT molecular complexity index is 1890. The van der Waals surface area contributed by atoms with Crippen LogP contribution in [0.4, 0.5) is 4.79 Å². The summed E-state index contributed by atoms with van der Waals surface area (Å²) in [4.78, 5) is 61.9. The van der Waals surface area contributed by atoms with Gasteiger partial charge in [-0.3, -0.25) is 19.1 Å². The van der Waals surface area contributed by atoms with Crippen LogP contribution in [0.25, 0.3) is 10.8 Å². The minimum Gasteiger partial charge on any atom is -0.494 e. The highest BCUT2D eigenvalue weighted by Crippen LogP contribution is 2.46. The van der Waals surface area contributed by atoms with Gasteiger partial charge in [-0.05, 0) is 77.2 Å². The molecule has 2 unspecified atom stereocenters. The standard InChI is InChI=1S/C38H51N5O9S/c1-22-11-7-8-12-24-19-38(24,35(46)42-53(48,49)26-15-16-26)41-32(44)29-18-25(51-33-28-14-10-9-13-27(28)30(50-6)20-39-33)21-43(29)34(45)31(23(2)17-22)40-36(47)52-37(3,4)5/h8-10,12-14,20,22-26,29,31H,7,11,15-19,21H2,1-6H3,(H,40,47)(H,41,44)(H,42,46)/b12-8-/t22-,23-,24?,25-,29+,31?,38-/m1/s1. The van der Waals surface area contributed by atoms with E-state index in [-0.39, 0.29) is 31.2 Å². The van der Waals surface area contributed by atoms with Gasteiger partial charge in [-0.2, -0.15) is 0 Å². The van der Waals surface area contributed by atoms with Gasteiger partial charge in [0.2, 0.25) is 27.7 Å². The zero-order valence-electron chi connectivity index (χ0n) is 31.2. The molecule has 0 bridgehead atoms. The Labute approximate surface area is 310 Å². The number of allylic oxidation sites excluding steroid dienone is 1. The maximum absolute atomic E-state index is 14.7. The Hall–Kier alpha value is -4.40. The molecule has 1 saturated heterocycles. The number of sulfonamides is 1. The summed E-state index contributed by atoms with van der Waals surface area (Å²) < 4.78 is 45.4. The molecule has 3 N–H and O–H groups in total. The lowest BCUT2D eigenvalue weighted by Gasteiger charge is -2.33. The average Bonchev–Trinajstić information content (AvgIpc) is 4.01. The first-order valence-electron chi connectivity index (χ1n) is 18.4. The van der Waals surface area contributed by atoms with Gasteiger partial charge in [-0.1, -0.05) is 44.2 Å². The van der Waals surface area contributed by atoms with Gasteiger partial charge < -0.3 is 29.7 Å². The molecule has 4 aliphatic rings. The summed E-state index contributed by atoms with van der Waals surface area (Å²) in [5.41, 5.74) is -2.33. The monoisotopic (exact) mass is 753 g/mol. The van der Waals surface area contributed by atoms with Crippen molar-refractivity contribution in [3.63, 3.8) is 0 Å². The van der Waals surface area contributed by atoms with Gasteiger partial charge in [0, 0.05) is 23.1 Å². The van der Waals surface area contributed by atoms with Gasteiger partial charge >= 0.3 is 6.09 Å². The highest BCUT2D eigenvalue weighted by atomic mass is 32.2. The Morgan fingerprint density at radius 1 is 1.06 bits per heavy atom. The molecule has 2 aromatic rings. The molecule has 1 aromatic carbocycles. The smallest absolute Gasteiger partial charge is 0.408 e. The van der Waals surface area contributed by atoms with E-state index in [9.17, 15) is 27.6 Å². The Morgan fingerprint density at radius 3 is 2.45 bits per heavy atom. The molecule has 288 valence electrons. The lowest BCUT2D eigenvalue weighted by molar-refractivity contribution is -0.142. The van der Waals surface area contributed by atoms with Crippen molar-refractivity contribution < 1.29 is 41.8 Å². The van der Waals surface area contributed by atoms with Gasteiger partial charge in [-0.25, -0.2) is 18.2 Å². The molecule has 0 radical (unpaired) electrons. The molecule has 53 heavy (non-hydrogen) atoms. The van der Waals surface area contributed by atoms with Crippen LogP contribution in [0.15, 0.2) is 42.6 Å². The van der Waals surface area contributed by atoms with Crippen molar-refractivity contribution in [2.45, 2.75) is 114 Å². The largest absolute Gasteiger partial charge is 0.494 e. The second-order valence-electron chi connectivity index (χ2n) is 16.1. The number of rotatable bonds is 7. The number of nitrogens with zero attached hydrogens (tertiary/aromatic N) is 2. The molecule has 7 atom stereocenters. The summed E-state index contributed by atoms with van der Waals surface area (Å²) >= 11 is 0. The molecular weight excluding hydrogens is 703 g/mol. The number of methoxy groups -OCH3 is 1. The van der Waals surface area contributed by atoms with E-state index in [1.54, 1.807) is 34.1 Å². The fourth-order valence-electron chi connectivity index (χ4n) is 7.49. The fourth-order valence-corrected chi connectivity index (χ4v) is 8.85. The topological polar surface area (TPSA) is 182 Å². The van der Waals surface area contributed by atoms with Crippen molar-refractivity contribution >= 4 is 44.6 Å². The third kappa shape index (κ3) is 8.55. The van der Waals surface area contributed by atoms with Crippen LogP contribution in [-0.4, -0.2) is 90.3 Å². The average molecular weight is 754 g/mol. The van der Waals surface area contributed by atoms with Gasteiger partial charge in [0.15, 0.2) is 0 Å². The number of benzene rings is 1. The zero-order valence-corrected chi connectivity index (χ0v) is 32.0. The number of amides is 4. The predicted molar refractivity (Wildman–Crippen MR) is 196 cm³/mol. The summed E-state index contributed by atoms with van der Waals surface area (Å²) in [6, 6.07) is 5.26. The zero-order chi connectivity index (χ0) is 38.3. The van der Waals surface area contributed by atoms with Crippen LogP contribution < -0.4 is 24.8 Å². The van der Waals surface area contributed by atoms with E-state index in [2.05, 4.69) is 27.3 Å². The molecule has 4 amide bonds. The molecule has 3 fully saturated rings. The summed E-state index contributed by atoms with van der Waals surface area (Å²) in [6.07, 6.45) is 7.16. The van der Waals surface area contributed by atoms with Crippen LogP contribution in [0, 0.1) is 17.8 Å². The normalized spacial score (nSPS) is 30.1. The lowest BCUT2D eigenvalue weighted by Crippen LogP contribution is -2.59. The number of fused-ring (bicyclic) bond motifs is 3. The number of hydrogen-bond acceptors (Lipinski definition) is 10. The highest BCUT2D eigenvalue weighted by molar-refractivity contribution is 7.91. The third-order valence-corrected chi connectivity index (χ3v) is 12.3. The first-order chi connectivity index (χ1) is 25.0. The quantitative estimate of drug-likeness (QED) is 0.350. The minimum atomic E-state index is -3.90. The predicted octanol–water partition coefficient (Wildman–Crippen LogP) is 3.98. The van der Waals surface area contributed by atoms with Crippen LogP contribution in [0.5, 0.6) is 11.6 Å². The third-order valence-electron chi connectivity index (χ3n) is 10.5. The van der Waals surface area contributed by atoms with Gasteiger partial charge in [-0.15, -0.1) is 0 Å². The lowest BCUT2D eigenvalue weighted by atomic mass is 9.88. The van der Waals surface area contributed by atoms with Crippen LogP contribution in [0.1, 0.15) is 79.6 Å². The van der Waals surface area contributed by atoms with E-state index in [1.807, 2.05) is 43.3 Å². The summed E-state index contributed by atoms with van der Waals surface area (Å²) in [5, 5.41) is 6.51. The van der Waals surface area contributed by atoms with Crippen molar-refractivity contribution in [1.29, 1.82) is 0 Å². The van der Waals surface area contributed by atoms with Gasteiger partial charge in [0.25, 0.3) is 5.91 Å². The summed E-state index contributed by atoms with van der Waals surface area (Å²) in [7, 11) is -2.35. The van der Waals surface area contributed by atoms with Crippen LogP contribution in [-0.2, 0) is 29.1 Å². The van der Waals surface area contributed by atoms with E-state index in [0.29, 0.717) is 42.7 Å². The molecule has 2 saturated carbocycles. The molecule has 6 rings (SSSR count). The number of hydrogen-bond donors (Lipinski definition) is 3. The van der Waals surface area contributed by atoms with E-state index in [1.165, 1.54) is 4.90 Å². The Kier molecular flexibility index (Phi) is 10.7. The first-order valence-corrected chi connectivity index (χ1v) is 20.0. The fraction of sp³-hybridized carbons (Fsp3) is 0.605. The van der Waals surface area contributed by atoms with Gasteiger partial charge in [0.1, 0.15) is 35.1 Å². The maximum Gasteiger partial charge on any atom is 0.408 e. The second-order valence-corrected chi connectivity index (χ2v) is 18.0. The first kappa shape index (κ1) is 38.3. The number of nitrogens with one attached hydrogen (secondary N) is 3. The molecular formula is C38H51N5O9S. The van der Waals surface area contributed by atoms with Crippen molar-refractivity contribution in [1.82, 2.24) is 25.2 Å². The second kappa shape index (κ2) is 14.8. The maximum atomic E-state index is 14.7. The van der Waals surface area contributed by atoms with E-state index < -0.39 is 74.3 Å². The molecule has 15 heteroatoms. The van der Waals surface area contributed by atoms with E-state index >= 15 is 0 Å². The summed E-state index contributed by atoms with van der Waals surface area (Å²) in [6.45, 7) is 9.15. The van der Waals surface area contributed by atoms with Crippen LogP contribution in [0.2, 0.25) is 0 Å². The van der Waals surface area contributed by atoms with Gasteiger partial charge in [0.05, 0.1) is 25.1 Å². The molecule has 2 aliphatic heterocycles. The Balaban J connectivity index is 1.35. The van der Waals surface area contributed by atoms with Crippen molar-refractivity contribution in [3.8, 4) is 11.6 Å². The number of alkyl carbamates (subject to hydrolysis) is 1. The molecule has 1 aromatic heterocycles. The number of pyridine rings is 1. The number of carbonyl (C=O) groups excluding carboxylic acids is 4. The van der Waals surface area contributed by atoms with Crippen LogP contribution in [0.3, 0.4) is 0 Å². The van der Waals surface area contributed by atoms with Crippen molar-refractivity contribution in [3.05, 3.63) is 42.6 Å². The molecule has 2 aliphatic carbocycles. The summed E-state index contributed by atoms with van der Waals surface area (Å²) in [5.74, 6) is -1.68. The van der Waals surface area contributed by atoms with Crippen molar-refractivity contribution in [2.75, 3.05) is 13.7 Å². The number of aromatic nitrogens is 1. The number of carbonyl (C=O) groups is 4. The Morgan fingerprint density at radius 2 is 1.77 bits per heavy atom. The van der Waals surface area contributed by atoms with E-state index in [4.69, 9.17) is 14.2 Å².